The molecule has 1 aliphatic rings. The van der Waals surface area contributed by atoms with E-state index in [1.54, 1.807) is 20.8 Å². The Balaban J connectivity index is 1.94. The number of para-hydroxylation sites is 1. The van der Waals surface area contributed by atoms with Gasteiger partial charge in [0.15, 0.2) is 0 Å². The van der Waals surface area contributed by atoms with Gasteiger partial charge in [-0.1, -0.05) is 31.0 Å². The maximum absolute atomic E-state index is 12.5. The highest BCUT2D eigenvalue weighted by Crippen LogP contribution is 2.34. The fraction of sp³-hybridized carbons (Fsp3) is 0.556. The van der Waals surface area contributed by atoms with Gasteiger partial charge in [0.2, 0.25) is 5.91 Å². The lowest BCUT2D eigenvalue weighted by Gasteiger charge is -2.23. The van der Waals surface area contributed by atoms with Crippen molar-refractivity contribution < 1.29 is 14.3 Å². The van der Waals surface area contributed by atoms with Gasteiger partial charge in [-0.2, -0.15) is 0 Å². The highest BCUT2D eigenvalue weighted by Gasteiger charge is 2.28. The number of amides is 2. The molecule has 2 rings (SSSR count). The molecular weight excluding hydrogens is 292 g/mol. The third-order valence-electron chi connectivity index (χ3n) is 3.61. The second-order valence-corrected chi connectivity index (χ2v) is 7.07. The zero-order valence-electron chi connectivity index (χ0n) is 14.1. The van der Waals surface area contributed by atoms with E-state index in [1.807, 2.05) is 30.3 Å². The third kappa shape index (κ3) is 6.72. The number of carbonyl (C=O) groups is 2. The smallest absolute Gasteiger partial charge is 0.408 e. The Bertz CT molecular complexity index is 533. The molecule has 23 heavy (non-hydrogen) atoms. The van der Waals surface area contributed by atoms with Crippen LogP contribution in [-0.4, -0.2) is 23.6 Å². The molecule has 126 valence electrons. The standard InChI is InChI=1S/C18H26N2O3/c1-18(2,3)23-17(22)20-15(12-11-13-9-10-13)16(21)19-14-7-5-4-6-8-14/h4-8,13,15H,9-12H2,1-3H3,(H,19,21)(H,20,22). The van der Waals surface area contributed by atoms with Crippen LogP contribution in [0, 0.1) is 5.92 Å². The van der Waals surface area contributed by atoms with Gasteiger partial charge in [-0.25, -0.2) is 4.79 Å². The van der Waals surface area contributed by atoms with Gasteiger partial charge in [0, 0.05) is 5.69 Å². The first-order valence-corrected chi connectivity index (χ1v) is 8.19. The molecule has 1 aromatic rings. The van der Waals surface area contributed by atoms with Crippen molar-refractivity contribution in [2.45, 2.75) is 58.1 Å². The van der Waals surface area contributed by atoms with E-state index in [9.17, 15) is 9.59 Å². The van der Waals surface area contributed by atoms with Gasteiger partial charge >= 0.3 is 6.09 Å². The quantitative estimate of drug-likeness (QED) is 0.840. The second-order valence-electron chi connectivity index (χ2n) is 7.07. The average Bonchev–Trinajstić information content (AvgIpc) is 3.26. The summed E-state index contributed by atoms with van der Waals surface area (Å²) in [6.07, 6.45) is 3.46. The van der Waals surface area contributed by atoms with Crippen LogP contribution in [0.3, 0.4) is 0 Å². The molecule has 5 nitrogen and oxygen atoms in total. The molecular formula is C18H26N2O3. The molecule has 0 aliphatic heterocycles. The van der Waals surface area contributed by atoms with Gasteiger partial charge in [0.1, 0.15) is 11.6 Å². The lowest BCUT2D eigenvalue weighted by Crippen LogP contribution is -2.45. The molecule has 0 aromatic heterocycles. The van der Waals surface area contributed by atoms with Crippen LogP contribution in [-0.2, 0) is 9.53 Å². The van der Waals surface area contributed by atoms with Gasteiger partial charge < -0.3 is 15.4 Å². The van der Waals surface area contributed by atoms with E-state index in [2.05, 4.69) is 10.6 Å². The van der Waals surface area contributed by atoms with Gasteiger partial charge in [-0.05, 0) is 51.7 Å². The Morgan fingerprint density at radius 1 is 1.22 bits per heavy atom. The summed E-state index contributed by atoms with van der Waals surface area (Å²) in [5, 5.41) is 5.55. The third-order valence-corrected chi connectivity index (χ3v) is 3.61. The summed E-state index contributed by atoms with van der Waals surface area (Å²) in [5.41, 5.74) is 0.140. The molecule has 1 unspecified atom stereocenters. The normalized spacial score (nSPS) is 15.6. The first-order chi connectivity index (χ1) is 10.8. The Morgan fingerprint density at radius 2 is 1.87 bits per heavy atom. The highest BCUT2D eigenvalue weighted by molar-refractivity contribution is 5.96. The van der Waals surface area contributed by atoms with Crippen LogP contribution in [0.25, 0.3) is 0 Å². The summed E-state index contributed by atoms with van der Waals surface area (Å²) >= 11 is 0. The lowest BCUT2D eigenvalue weighted by molar-refractivity contribution is -0.118. The summed E-state index contributed by atoms with van der Waals surface area (Å²) in [5.74, 6) is 0.491. The van der Waals surface area contributed by atoms with E-state index in [-0.39, 0.29) is 5.91 Å². The topological polar surface area (TPSA) is 67.4 Å². The summed E-state index contributed by atoms with van der Waals surface area (Å²) in [4.78, 5) is 24.4. The molecule has 0 saturated heterocycles. The van der Waals surface area contributed by atoms with Crippen LogP contribution in [0.15, 0.2) is 30.3 Å². The fourth-order valence-corrected chi connectivity index (χ4v) is 2.28. The zero-order chi connectivity index (χ0) is 16.9. The molecule has 0 radical (unpaired) electrons. The van der Waals surface area contributed by atoms with E-state index in [1.165, 1.54) is 12.8 Å². The Hall–Kier alpha value is -2.04. The lowest BCUT2D eigenvalue weighted by atomic mass is 10.1. The van der Waals surface area contributed by atoms with Crippen LogP contribution in [0.4, 0.5) is 10.5 Å². The molecule has 1 aromatic carbocycles. The highest BCUT2D eigenvalue weighted by atomic mass is 16.6. The van der Waals surface area contributed by atoms with Crippen molar-refractivity contribution in [2.24, 2.45) is 5.92 Å². The van der Waals surface area contributed by atoms with Gasteiger partial charge in [0.25, 0.3) is 0 Å². The Kier molecular flexibility index (Phi) is 5.64. The minimum atomic E-state index is -0.582. The van der Waals surface area contributed by atoms with Crippen molar-refractivity contribution in [3.05, 3.63) is 30.3 Å². The predicted molar refractivity (Wildman–Crippen MR) is 90.2 cm³/mol. The van der Waals surface area contributed by atoms with E-state index < -0.39 is 17.7 Å². The van der Waals surface area contributed by atoms with Crippen LogP contribution in [0.5, 0.6) is 0 Å². The Morgan fingerprint density at radius 3 is 2.43 bits per heavy atom. The number of ether oxygens (including phenoxy) is 1. The summed E-state index contributed by atoms with van der Waals surface area (Å²) in [6.45, 7) is 5.40. The molecule has 1 fully saturated rings. The second kappa shape index (κ2) is 7.49. The number of alkyl carbamates (subject to hydrolysis) is 1. The minimum absolute atomic E-state index is 0.206. The molecule has 1 saturated carbocycles. The van der Waals surface area contributed by atoms with Crippen molar-refractivity contribution >= 4 is 17.7 Å². The predicted octanol–water partition coefficient (Wildman–Crippen LogP) is 3.71. The first-order valence-electron chi connectivity index (χ1n) is 8.19. The van der Waals surface area contributed by atoms with Gasteiger partial charge in [0.05, 0.1) is 0 Å². The number of rotatable bonds is 6. The summed E-state index contributed by atoms with van der Waals surface area (Å²) < 4.78 is 5.26. The number of benzene rings is 1. The maximum atomic E-state index is 12.5. The van der Waals surface area contributed by atoms with Crippen LogP contribution in [0.2, 0.25) is 0 Å². The molecule has 0 bridgehead atoms. The number of hydrogen-bond acceptors (Lipinski definition) is 3. The molecule has 0 spiro atoms. The average molecular weight is 318 g/mol. The van der Waals surface area contributed by atoms with Crippen molar-refractivity contribution in [1.29, 1.82) is 0 Å². The first kappa shape index (κ1) is 17.3. The van der Waals surface area contributed by atoms with Crippen molar-refractivity contribution in [2.75, 3.05) is 5.32 Å². The summed E-state index contributed by atoms with van der Waals surface area (Å²) in [7, 11) is 0. The molecule has 0 heterocycles. The van der Waals surface area contributed by atoms with Crippen molar-refractivity contribution in [1.82, 2.24) is 5.32 Å². The molecule has 2 N–H and O–H groups in total. The van der Waals surface area contributed by atoms with E-state index in [4.69, 9.17) is 4.74 Å². The fourth-order valence-electron chi connectivity index (χ4n) is 2.28. The van der Waals surface area contributed by atoms with E-state index in [0.717, 1.165) is 12.1 Å². The van der Waals surface area contributed by atoms with Crippen LogP contribution >= 0.6 is 0 Å². The zero-order valence-corrected chi connectivity index (χ0v) is 14.1. The maximum Gasteiger partial charge on any atom is 0.408 e. The van der Waals surface area contributed by atoms with Gasteiger partial charge in [-0.15, -0.1) is 0 Å². The van der Waals surface area contributed by atoms with Crippen molar-refractivity contribution in [3.63, 3.8) is 0 Å². The number of anilines is 1. The number of nitrogens with one attached hydrogen (secondary N) is 2. The summed E-state index contributed by atoms with van der Waals surface area (Å²) in [6, 6.07) is 8.67. The number of hydrogen-bond donors (Lipinski definition) is 2. The number of carbonyl (C=O) groups excluding carboxylic acids is 2. The van der Waals surface area contributed by atoms with Gasteiger partial charge in [-0.3, -0.25) is 4.79 Å². The largest absolute Gasteiger partial charge is 0.444 e. The molecule has 5 heteroatoms. The molecule has 1 atom stereocenters. The molecule has 1 aliphatic carbocycles. The minimum Gasteiger partial charge on any atom is -0.444 e. The Labute approximate surface area is 137 Å². The monoisotopic (exact) mass is 318 g/mol. The SMILES string of the molecule is CC(C)(C)OC(=O)NC(CCC1CC1)C(=O)Nc1ccccc1. The van der Waals surface area contributed by atoms with E-state index >= 15 is 0 Å². The van der Waals surface area contributed by atoms with Crippen molar-refractivity contribution in [3.8, 4) is 0 Å². The van der Waals surface area contributed by atoms with Crippen LogP contribution in [0.1, 0.15) is 46.5 Å². The molecule has 2 amide bonds. The van der Waals surface area contributed by atoms with E-state index in [0.29, 0.717) is 12.3 Å². The van der Waals surface area contributed by atoms with Crippen LogP contribution < -0.4 is 10.6 Å².